The molecule has 4 heteroatoms. The molecule has 0 amide bonds. The van der Waals surface area contributed by atoms with Crippen LogP contribution in [0, 0.1) is 0 Å². The first kappa shape index (κ1) is 9.86. The van der Waals surface area contributed by atoms with Crippen LogP contribution in [0.1, 0.15) is 25.1 Å². The van der Waals surface area contributed by atoms with E-state index in [1.165, 1.54) is 0 Å². The van der Waals surface area contributed by atoms with Crippen LogP contribution in [0.2, 0.25) is 0 Å². The molecule has 2 N–H and O–H groups in total. The van der Waals surface area contributed by atoms with Crippen molar-refractivity contribution in [2.75, 3.05) is 0 Å². The number of aromatic nitrogens is 3. The molecular formula is C11H14N4. The molecule has 0 aromatic carbocycles. The van der Waals surface area contributed by atoms with E-state index >= 15 is 0 Å². The van der Waals surface area contributed by atoms with Gasteiger partial charge in [-0.3, -0.25) is 4.98 Å². The van der Waals surface area contributed by atoms with Gasteiger partial charge in [-0.1, -0.05) is 6.92 Å². The molecule has 0 saturated carbocycles. The molecule has 0 aliphatic heterocycles. The SMILES string of the molecule is CC[C@@H](N)c1ccc(-n2cccn2)cn1. The van der Waals surface area contributed by atoms with Crippen LogP contribution in [0.4, 0.5) is 0 Å². The number of nitrogens with two attached hydrogens (primary N) is 1. The highest BCUT2D eigenvalue weighted by atomic mass is 15.3. The quantitative estimate of drug-likeness (QED) is 0.823. The van der Waals surface area contributed by atoms with Crippen LogP contribution in [-0.2, 0) is 0 Å². The van der Waals surface area contributed by atoms with Crippen molar-refractivity contribution in [2.24, 2.45) is 5.73 Å². The Kier molecular flexibility index (Phi) is 2.78. The highest BCUT2D eigenvalue weighted by Crippen LogP contribution is 2.12. The monoisotopic (exact) mass is 202 g/mol. The minimum absolute atomic E-state index is 0.0247. The largest absolute Gasteiger partial charge is 0.323 e. The third kappa shape index (κ3) is 2.05. The molecule has 0 aliphatic carbocycles. The third-order valence-corrected chi connectivity index (χ3v) is 2.36. The average molecular weight is 202 g/mol. The van der Waals surface area contributed by atoms with Crippen molar-refractivity contribution in [3.8, 4) is 5.69 Å². The number of nitrogens with zero attached hydrogens (tertiary/aromatic N) is 3. The zero-order valence-electron chi connectivity index (χ0n) is 8.67. The maximum atomic E-state index is 5.88. The number of pyridine rings is 1. The van der Waals surface area contributed by atoms with Crippen molar-refractivity contribution >= 4 is 0 Å². The Morgan fingerprint density at radius 2 is 2.33 bits per heavy atom. The van der Waals surface area contributed by atoms with Gasteiger partial charge >= 0.3 is 0 Å². The van der Waals surface area contributed by atoms with Crippen molar-refractivity contribution in [1.29, 1.82) is 0 Å². The smallest absolute Gasteiger partial charge is 0.0828 e. The van der Waals surface area contributed by atoms with Crippen LogP contribution < -0.4 is 5.73 Å². The summed E-state index contributed by atoms with van der Waals surface area (Å²) >= 11 is 0. The third-order valence-electron chi connectivity index (χ3n) is 2.36. The Bertz CT molecular complexity index is 405. The van der Waals surface area contributed by atoms with Gasteiger partial charge in [-0.05, 0) is 24.6 Å². The molecule has 1 atom stereocenters. The Hall–Kier alpha value is -1.68. The second kappa shape index (κ2) is 4.23. The molecule has 2 aromatic heterocycles. The van der Waals surface area contributed by atoms with Crippen LogP contribution in [0.3, 0.4) is 0 Å². The standard InChI is InChI=1S/C11H14N4/c1-2-10(12)11-5-4-9(8-13-11)15-7-3-6-14-15/h3-8,10H,2,12H2,1H3/t10-/m1/s1. The second-order valence-corrected chi connectivity index (χ2v) is 3.41. The van der Waals surface area contributed by atoms with E-state index in [4.69, 9.17) is 5.73 Å². The molecule has 2 heterocycles. The molecule has 0 aliphatic rings. The van der Waals surface area contributed by atoms with E-state index in [9.17, 15) is 0 Å². The van der Waals surface area contributed by atoms with Crippen molar-refractivity contribution in [2.45, 2.75) is 19.4 Å². The lowest BCUT2D eigenvalue weighted by molar-refractivity contribution is 0.674. The van der Waals surface area contributed by atoms with Gasteiger partial charge in [0.15, 0.2) is 0 Å². The molecule has 0 unspecified atom stereocenters. The first-order valence-electron chi connectivity index (χ1n) is 5.03. The van der Waals surface area contributed by atoms with Crippen molar-refractivity contribution in [3.05, 3.63) is 42.5 Å². The van der Waals surface area contributed by atoms with E-state index in [1.54, 1.807) is 17.1 Å². The number of hydrogen-bond donors (Lipinski definition) is 1. The lowest BCUT2D eigenvalue weighted by Gasteiger charge is -2.08. The zero-order chi connectivity index (χ0) is 10.7. The second-order valence-electron chi connectivity index (χ2n) is 3.41. The Balaban J connectivity index is 2.25. The van der Waals surface area contributed by atoms with Crippen LogP contribution >= 0.6 is 0 Å². The van der Waals surface area contributed by atoms with Crippen molar-refractivity contribution < 1.29 is 0 Å². The minimum atomic E-state index is 0.0247. The molecule has 0 bridgehead atoms. The summed E-state index contributed by atoms with van der Waals surface area (Å²) in [7, 11) is 0. The van der Waals surface area contributed by atoms with Gasteiger partial charge in [-0.2, -0.15) is 5.10 Å². The molecule has 0 spiro atoms. The summed E-state index contributed by atoms with van der Waals surface area (Å²) in [6.07, 6.45) is 6.31. The fraction of sp³-hybridized carbons (Fsp3) is 0.273. The van der Waals surface area contributed by atoms with Crippen LogP contribution in [0.5, 0.6) is 0 Å². The van der Waals surface area contributed by atoms with E-state index in [0.717, 1.165) is 17.8 Å². The van der Waals surface area contributed by atoms with Gasteiger partial charge in [0.25, 0.3) is 0 Å². The molecule has 0 fully saturated rings. The fourth-order valence-corrected chi connectivity index (χ4v) is 1.38. The molecule has 0 saturated heterocycles. The predicted octanol–water partition coefficient (Wildman–Crippen LogP) is 1.68. The van der Waals surface area contributed by atoms with Gasteiger partial charge in [0.1, 0.15) is 0 Å². The van der Waals surface area contributed by atoms with Crippen molar-refractivity contribution in [3.63, 3.8) is 0 Å². The van der Waals surface area contributed by atoms with E-state index in [-0.39, 0.29) is 6.04 Å². The summed E-state index contributed by atoms with van der Waals surface area (Å²) in [5, 5.41) is 4.13. The van der Waals surface area contributed by atoms with Gasteiger partial charge in [0.05, 0.1) is 17.6 Å². The van der Waals surface area contributed by atoms with Gasteiger partial charge in [-0.15, -0.1) is 0 Å². The van der Waals surface area contributed by atoms with Gasteiger partial charge in [0, 0.05) is 18.4 Å². The summed E-state index contributed by atoms with van der Waals surface area (Å²) in [4.78, 5) is 4.32. The van der Waals surface area contributed by atoms with Gasteiger partial charge < -0.3 is 5.73 Å². The maximum absolute atomic E-state index is 5.88. The van der Waals surface area contributed by atoms with Crippen molar-refractivity contribution in [1.82, 2.24) is 14.8 Å². The van der Waals surface area contributed by atoms with E-state index in [2.05, 4.69) is 10.1 Å². The number of hydrogen-bond acceptors (Lipinski definition) is 3. The van der Waals surface area contributed by atoms with E-state index in [0.29, 0.717) is 0 Å². The molecule has 78 valence electrons. The molecular weight excluding hydrogens is 188 g/mol. The number of rotatable bonds is 3. The molecule has 15 heavy (non-hydrogen) atoms. The Labute approximate surface area is 88.8 Å². The first-order valence-corrected chi connectivity index (χ1v) is 5.03. The van der Waals surface area contributed by atoms with Crippen LogP contribution in [0.15, 0.2) is 36.8 Å². The lowest BCUT2D eigenvalue weighted by atomic mass is 10.1. The zero-order valence-corrected chi connectivity index (χ0v) is 8.67. The maximum Gasteiger partial charge on any atom is 0.0828 e. The summed E-state index contributed by atoms with van der Waals surface area (Å²) in [5.41, 5.74) is 7.75. The van der Waals surface area contributed by atoms with E-state index in [1.807, 2.05) is 31.3 Å². The van der Waals surface area contributed by atoms with Gasteiger partial charge in [0.2, 0.25) is 0 Å². The molecule has 4 nitrogen and oxygen atoms in total. The minimum Gasteiger partial charge on any atom is -0.323 e. The highest BCUT2D eigenvalue weighted by molar-refractivity contribution is 5.29. The molecule has 2 rings (SSSR count). The summed E-state index contributed by atoms with van der Waals surface area (Å²) in [5.74, 6) is 0. The van der Waals surface area contributed by atoms with E-state index < -0.39 is 0 Å². The normalized spacial score (nSPS) is 12.7. The summed E-state index contributed by atoms with van der Waals surface area (Å²) in [6.45, 7) is 2.05. The molecule has 0 radical (unpaired) electrons. The summed E-state index contributed by atoms with van der Waals surface area (Å²) in [6, 6.07) is 5.83. The molecule has 2 aromatic rings. The van der Waals surface area contributed by atoms with Crippen LogP contribution in [0.25, 0.3) is 5.69 Å². The predicted molar refractivity (Wildman–Crippen MR) is 58.6 cm³/mol. The fourth-order valence-electron chi connectivity index (χ4n) is 1.38. The topological polar surface area (TPSA) is 56.7 Å². The average Bonchev–Trinajstić information content (AvgIpc) is 2.82. The highest BCUT2D eigenvalue weighted by Gasteiger charge is 2.04. The van der Waals surface area contributed by atoms with Crippen LogP contribution in [-0.4, -0.2) is 14.8 Å². The lowest BCUT2D eigenvalue weighted by Crippen LogP contribution is -2.10. The Morgan fingerprint density at radius 3 is 2.87 bits per heavy atom. The summed E-state index contributed by atoms with van der Waals surface area (Å²) < 4.78 is 1.77. The van der Waals surface area contributed by atoms with Gasteiger partial charge in [-0.25, -0.2) is 4.68 Å². The Morgan fingerprint density at radius 1 is 1.47 bits per heavy atom. The first-order chi connectivity index (χ1) is 7.31.